The van der Waals surface area contributed by atoms with Crippen LogP contribution in [0.5, 0.6) is 0 Å². The number of carboxylic acids is 1. The molecule has 0 aliphatic carbocycles. The molecule has 0 aliphatic heterocycles. The highest BCUT2D eigenvalue weighted by Gasteiger charge is 2.25. The van der Waals surface area contributed by atoms with E-state index in [4.69, 9.17) is 16.7 Å². The standard InChI is InChI=1S/C9H9ClN2O6S/c1-5(9(13)14)11-19(17,18)8-4-6(12(15)16)2-3-7(8)10/h2-5,11H,1H3,(H,13,14)/t5-/m1/s1. The van der Waals surface area contributed by atoms with Crippen molar-refractivity contribution in [3.63, 3.8) is 0 Å². The predicted octanol–water partition coefficient (Wildman–Crippen LogP) is 1.000. The molecule has 0 heterocycles. The number of sulfonamides is 1. The molecule has 0 saturated carbocycles. The highest BCUT2D eigenvalue weighted by Crippen LogP contribution is 2.26. The number of carboxylic acid groups (broad SMARTS) is 1. The van der Waals surface area contributed by atoms with Crippen molar-refractivity contribution in [2.24, 2.45) is 0 Å². The van der Waals surface area contributed by atoms with Crippen LogP contribution >= 0.6 is 11.6 Å². The zero-order chi connectivity index (χ0) is 14.8. The third-order valence-corrected chi connectivity index (χ3v) is 4.14. The Hall–Kier alpha value is -1.71. The number of benzene rings is 1. The Kier molecular flexibility index (Phi) is 4.45. The summed E-state index contributed by atoms with van der Waals surface area (Å²) in [5.74, 6) is -1.38. The molecule has 0 bridgehead atoms. The molecular formula is C9H9ClN2O6S. The minimum atomic E-state index is -4.26. The maximum Gasteiger partial charge on any atom is 0.321 e. The van der Waals surface area contributed by atoms with Crippen molar-refractivity contribution in [2.45, 2.75) is 17.9 Å². The normalized spacial score (nSPS) is 12.9. The Labute approximate surface area is 113 Å². The Bertz CT molecular complexity index is 630. The average molecular weight is 309 g/mol. The van der Waals surface area contributed by atoms with Gasteiger partial charge in [-0.3, -0.25) is 14.9 Å². The first-order chi connectivity index (χ1) is 8.65. The van der Waals surface area contributed by atoms with Crippen LogP contribution in [-0.2, 0) is 14.8 Å². The highest BCUT2D eigenvalue weighted by molar-refractivity contribution is 7.89. The summed E-state index contributed by atoms with van der Waals surface area (Å²) in [7, 11) is -4.26. The van der Waals surface area contributed by atoms with Crippen LogP contribution in [0.25, 0.3) is 0 Å². The highest BCUT2D eigenvalue weighted by atomic mass is 35.5. The van der Waals surface area contributed by atoms with Crippen molar-refractivity contribution in [1.29, 1.82) is 0 Å². The SMILES string of the molecule is C[C@@H](NS(=O)(=O)c1cc([N+](=O)[O-])ccc1Cl)C(=O)O. The number of rotatable bonds is 5. The second-order valence-corrected chi connectivity index (χ2v) is 5.64. The number of aliphatic carboxylic acids is 1. The van der Waals surface area contributed by atoms with Crippen LogP contribution in [0.4, 0.5) is 5.69 Å². The number of nitro groups is 1. The van der Waals surface area contributed by atoms with Crippen molar-refractivity contribution >= 4 is 33.3 Å². The van der Waals surface area contributed by atoms with Gasteiger partial charge in [0.2, 0.25) is 10.0 Å². The van der Waals surface area contributed by atoms with Crippen LogP contribution in [-0.4, -0.2) is 30.5 Å². The largest absolute Gasteiger partial charge is 0.480 e. The molecule has 19 heavy (non-hydrogen) atoms. The number of nitrogens with one attached hydrogen (secondary N) is 1. The Balaban J connectivity index is 3.24. The molecule has 2 N–H and O–H groups in total. The molecule has 0 unspecified atom stereocenters. The minimum Gasteiger partial charge on any atom is -0.480 e. The number of carbonyl (C=O) groups is 1. The smallest absolute Gasteiger partial charge is 0.321 e. The lowest BCUT2D eigenvalue weighted by Crippen LogP contribution is -2.38. The van der Waals surface area contributed by atoms with Gasteiger partial charge in [-0.1, -0.05) is 11.6 Å². The number of nitro benzene ring substituents is 1. The Morgan fingerprint density at radius 3 is 2.58 bits per heavy atom. The minimum absolute atomic E-state index is 0.240. The number of hydrogen-bond acceptors (Lipinski definition) is 5. The lowest BCUT2D eigenvalue weighted by molar-refractivity contribution is -0.385. The molecule has 0 fully saturated rings. The summed E-state index contributed by atoms with van der Waals surface area (Å²) < 4.78 is 25.6. The van der Waals surface area contributed by atoms with Gasteiger partial charge in [0.05, 0.1) is 9.95 Å². The topological polar surface area (TPSA) is 127 Å². The van der Waals surface area contributed by atoms with Gasteiger partial charge in [-0.15, -0.1) is 0 Å². The van der Waals surface area contributed by atoms with Crippen LogP contribution in [0.1, 0.15) is 6.92 Å². The van der Waals surface area contributed by atoms with Crippen LogP contribution < -0.4 is 4.72 Å². The molecule has 0 amide bonds. The van der Waals surface area contributed by atoms with Gasteiger partial charge in [0.1, 0.15) is 10.9 Å². The predicted molar refractivity (Wildman–Crippen MR) is 65.5 cm³/mol. The summed E-state index contributed by atoms with van der Waals surface area (Å²) in [6, 6.07) is 1.47. The van der Waals surface area contributed by atoms with Gasteiger partial charge < -0.3 is 5.11 Å². The third kappa shape index (κ3) is 3.63. The second kappa shape index (κ2) is 5.51. The van der Waals surface area contributed by atoms with Crippen LogP contribution in [0.15, 0.2) is 23.1 Å². The van der Waals surface area contributed by atoms with Crippen molar-refractivity contribution in [2.75, 3.05) is 0 Å². The summed E-state index contributed by atoms with van der Waals surface area (Å²) in [5, 5.41) is 19.0. The molecule has 1 atom stereocenters. The number of nitrogens with zero attached hydrogens (tertiary/aromatic N) is 1. The number of hydrogen-bond donors (Lipinski definition) is 2. The van der Waals surface area contributed by atoms with E-state index in [9.17, 15) is 23.3 Å². The summed E-state index contributed by atoms with van der Waals surface area (Å²) in [6.45, 7) is 1.12. The molecule has 1 aromatic carbocycles. The van der Waals surface area contributed by atoms with Gasteiger partial charge in [-0.2, -0.15) is 4.72 Å². The molecule has 10 heteroatoms. The van der Waals surface area contributed by atoms with Gasteiger partial charge in [0, 0.05) is 12.1 Å². The first-order valence-corrected chi connectivity index (χ1v) is 6.70. The molecular weight excluding hydrogens is 300 g/mol. The molecule has 104 valence electrons. The molecule has 0 spiro atoms. The van der Waals surface area contributed by atoms with Gasteiger partial charge >= 0.3 is 5.97 Å². The average Bonchev–Trinajstić information content (AvgIpc) is 2.28. The van der Waals surface area contributed by atoms with Crippen LogP contribution in [0.2, 0.25) is 5.02 Å². The molecule has 0 radical (unpaired) electrons. The van der Waals surface area contributed by atoms with Crippen LogP contribution in [0.3, 0.4) is 0 Å². The van der Waals surface area contributed by atoms with E-state index in [1.54, 1.807) is 0 Å². The van der Waals surface area contributed by atoms with Crippen molar-refractivity contribution < 1.29 is 23.2 Å². The quantitative estimate of drug-likeness (QED) is 0.617. The summed E-state index contributed by atoms with van der Waals surface area (Å²) in [5.41, 5.74) is -0.465. The molecule has 1 rings (SSSR count). The zero-order valence-corrected chi connectivity index (χ0v) is 11.1. The lowest BCUT2D eigenvalue weighted by atomic mass is 10.3. The van der Waals surface area contributed by atoms with E-state index in [0.29, 0.717) is 0 Å². The summed E-state index contributed by atoms with van der Waals surface area (Å²) in [6.07, 6.45) is 0. The fourth-order valence-electron chi connectivity index (χ4n) is 1.16. The van der Waals surface area contributed by atoms with E-state index in [1.807, 2.05) is 4.72 Å². The molecule has 1 aromatic rings. The van der Waals surface area contributed by atoms with Gasteiger partial charge in [0.25, 0.3) is 5.69 Å². The van der Waals surface area contributed by atoms with E-state index in [-0.39, 0.29) is 5.02 Å². The molecule has 8 nitrogen and oxygen atoms in total. The third-order valence-electron chi connectivity index (χ3n) is 2.12. The number of halogens is 1. The van der Waals surface area contributed by atoms with Crippen molar-refractivity contribution in [3.05, 3.63) is 33.3 Å². The lowest BCUT2D eigenvalue weighted by Gasteiger charge is -2.11. The number of non-ortho nitro benzene ring substituents is 1. The first-order valence-electron chi connectivity index (χ1n) is 4.84. The maximum absolute atomic E-state index is 11.9. The van der Waals surface area contributed by atoms with E-state index in [1.165, 1.54) is 0 Å². The Morgan fingerprint density at radius 2 is 2.11 bits per heavy atom. The van der Waals surface area contributed by atoms with Crippen molar-refractivity contribution in [3.8, 4) is 0 Å². The Morgan fingerprint density at radius 1 is 1.53 bits per heavy atom. The molecule has 0 saturated heterocycles. The molecule has 0 aliphatic rings. The van der Waals surface area contributed by atoms with E-state index < -0.39 is 37.5 Å². The fourth-order valence-corrected chi connectivity index (χ4v) is 2.87. The van der Waals surface area contributed by atoms with Crippen molar-refractivity contribution in [1.82, 2.24) is 4.72 Å². The second-order valence-electron chi connectivity index (χ2n) is 3.55. The van der Waals surface area contributed by atoms with Crippen LogP contribution in [0, 0.1) is 10.1 Å². The first kappa shape index (κ1) is 15.3. The maximum atomic E-state index is 11.9. The zero-order valence-electron chi connectivity index (χ0n) is 9.53. The fraction of sp³-hybridized carbons (Fsp3) is 0.222. The van der Waals surface area contributed by atoms with Gasteiger partial charge in [-0.25, -0.2) is 8.42 Å². The van der Waals surface area contributed by atoms with E-state index in [0.717, 1.165) is 25.1 Å². The monoisotopic (exact) mass is 308 g/mol. The summed E-state index contributed by atoms with van der Waals surface area (Å²) >= 11 is 5.66. The van der Waals surface area contributed by atoms with E-state index in [2.05, 4.69) is 0 Å². The van der Waals surface area contributed by atoms with E-state index >= 15 is 0 Å². The molecule has 0 aromatic heterocycles. The van der Waals surface area contributed by atoms with Gasteiger partial charge in [-0.05, 0) is 13.0 Å². The van der Waals surface area contributed by atoms with Gasteiger partial charge in [0.15, 0.2) is 0 Å². The summed E-state index contributed by atoms with van der Waals surface area (Å²) in [4.78, 5) is 19.8.